The Labute approximate surface area is 179 Å². The molecule has 0 unspecified atom stereocenters. The number of alkyl halides is 3. The van der Waals surface area contributed by atoms with Crippen LogP contribution in [0.15, 0.2) is 41.7 Å². The quantitative estimate of drug-likeness (QED) is 0.370. The van der Waals surface area contributed by atoms with Crippen molar-refractivity contribution in [2.75, 3.05) is 20.8 Å². The highest BCUT2D eigenvalue weighted by Crippen LogP contribution is 2.25. The summed E-state index contributed by atoms with van der Waals surface area (Å²) in [6, 6.07) is 7.81. The molecule has 1 amide bonds. The number of aromatic nitrogens is 1. The molecule has 0 saturated carbocycles. The zero-order valence-electron chi connectivity index (χ0n) is 16.3. The minimum absolute atomic E-state index is 0.0195. The smallest absolute Gasteiger partial charge is 0.422 e. The van der Waals surface area contributed by atoms with Gasteiger partial charge in [0, 0.05) is 18.8 Å². The number of oxime groups is 1. The van der Waals surface area contributed by atoms with Crippen LogP contribution in [0.3, 0.4) is 0 Å². The molecule has 1 aromatic heterocycles. The first-order chi connectivity index (χ1) is 14.7. The van der Waals surface area contributed by atoms with Crippen molar-refractivity contribution in [3.05, 3.63) is 58.2 Å². The number of carbonyl (C=O) groups excluding carboxylic acids is 2. The summed E-state index contributed by atoms with van der Waals surface area (Å²) < 4.78 is 46.2. The van der Waals surface area contributed by atoms with E-state index in [1.807, 2.05) is 0 Å². The maximum Gasteiger partial charge on any atom is 0.422 e. The summed E-state index contributed by atoms with van der Waals surface area (Å²) in [5, 5.41) is 6.08. The van der Waals surface area contributed by atoms with Gasteiger partial charge in [0.05, 0.1) is 5.56 Å². The summed E-state index contributed by atoms with van der Waals surface area (Å²) in [4.78, 5) is 32.4. The van der Waals surface area contributed by atoms with Crippen molar-refractivity contribution >= 4 is 29.2 Å². The molecule has 0 bridgehead atoms. The number of nitrogens with zero attached hydrogens (tertiary/aromatic N) is 2. The summed E-state index contributed by atoms with van der Waals surface area (Å²) in [7, 11) is 2.74. The first kappa shape index (κ1) is 23.9. The number of benzene rings is 1. The molecule has 0 fully saturated rings. The van der Waals surface area contributed by atoms with Crippen molar-refractivity contribution in [3.8, 4) is 5.88 Å². The monoisotopic (exact) mass is 459 g/mol. The van der Waals surface area contributed by atoms with E-state index < -0.39 is 24.7 Å². The Balaban J connectivity index is 2.16. The van der Waals surface area contributed by atoms with Gasteiger partial charge in [0.25, 0.3) is 5.91 Å². The number of likely N-dealkylation sites (N-methyl/N-ethyl adjacent to an activating group) is 1. The average molecular weight is 460 g/mol. The maximum absolute atomic E-state index is 12.2. The standard InChI is InChI=1S/C19H17ClF3N3O5/c1-24-16(27)15(26-29-2)13-6-4-3-5-11(13)9-30-17-14(20)7-12(8-25-17)18(28)31-10-19(21,22)23/h3-8H,9-10H2,1-2H3,(H,24,27). The molecule has 31 heavy (non-hydrogen) atoms. The van der Waals surface area contributed by atoms with Crippen molar-refractivity contribution in [3.63, 3.8) is 0 Å². The fourth-order valence-corrected chi connectivity index (χ4v) is 2.54. The highest BCUT2D eigenvalue weighted by molar-refractivity contribution is 6.45. The SMILES string of the molecule is CNC(=O)C(=NOC)c1ccccc1COc1ncc(C(=O)OCC(F)(F)F)cc1Cl. The number of esters is 1. The number of carbonyl (C=O) groups is 2. The third-order valence-electron chi connectivity index (χ3n) is 3.67. The van der Waals surface area contributed by atoms with E-state index in [0.717, 1.165) is 12.3 Å². The third kappa shape index (κ3) is 6.85. The van der Waals surface area contributed by atoms with Gasteiger partial charge < -0.3 is 19.6 Å². The van der Waals surface area contributed by atoms with Crippen LogP contribution in [-0.2, 0) is 21.0 Å². The van der Waals surface area contributed by atoms with Gasteiger partial charge in [-0.05, 0) is 11.6 Å². The largest absolute Gasteiger partial charge is 0.472 e. The molecule has 0 radical (unpaired) electrons. The molecule has 2 aromatic rings. The van der Waals surface area contributed by atoms with Gasteiger partial charge in [0.15, 0.2) is 12.3 Å². The molecule has 0 atom stereocenters. The van der Waals surface area contributed by atoms with E-state index in [-0.39, 0.29) is 28.8 Å². The van der Waals surface area contributed by atoms with Crippen LogP contribution in [0.25, 0.3) is 0 Å². The number of amides is 1. The van der Waals surface area contributed by atoms with Crippen molar-refractivity contribution in [2.24, 2.45) is 5.16 Å². The van der Waals surface area contributed by atoms with Crippen molar-refractivity contribution in [1.29, 1.82) is 0 Å². The molecular weight excluding hydrogens is 443 g/mol. The molecule has 0 saturated heterocycles. The van der Waals surface area contributed by atoms with Gasteiger partial charge in [-0.25, -0.2) is 9.78 Å². The van der Waals surface area contributed by atoms with Crippen molar-refractivity contribution < 1.29 is 37.1 Å². The molecule has 1 aromatic carbocycles. The highest BCUT2D eigenvalue weighted by atomic mass is 35.5. The summed E-state index contributed by atoms with van der Waals surface area (Å²) in [5.74, 6) is -1.78. The molecule has 0 aliphatic carbocycles. The first-order valence-electron chi connectivity index (χ1n) is 8.60. The number of hydrogen-bond donors (Lipinski definition) is 1. The van der Waals surface area contributed by atoms with Gasteiger partial charge in [-0.1, -0.05) is 41.0 Å². The van der Waals surface area contributed by atoms with Crippen molar-refractivity contribution in [1.82, 2.24) is 10.3 Å². The van der Waals surface area contributed by atoms with Crippen LogP contribution in [0.4, 0.5) is 13.2 Å². The predicted molar refractivity (Wildman–Crippen MR) is 104 cm³/mol. The topological polar surface area (TPSA) is 99.1 Å². The van der Waals surface area contributed by atoms with Crippen LogP contribution in [0.5, 0.6) is 5.88 Å². The zero-order chi connectivity index (χ0) is 23.0. The van der Waals surface area contributed by atoms with E-state index in [4.69, 9.17) is 21.2 Å². The fourth-order valence-electron chi connectivity index (χ4n) is 2.32. The van der Waals surface area contributed by atoms with E-state index in [2.05, 4.69) is 20.2 Å². The molecule has 1 heterocycles. The fraction of sp³-hybridized carbons (Fsp3) is 0.263. The Kier molecular flexibility index (Phi) is 8.20. The van der Waals surface area contributed by atoms with Crippen LogP contribution in [0.1, 0.15) is 21.5 Å². The van der Waals surface area contributed by atoms with Crippen LogP contribution in [0, 0.1) is 0 Å². The van der Waals surface area contributed by atoms with Crippen LogP contribution in [0.2, 0.25) is 5.02 Å². The van der Waals surface area contributed by atoms with E-state index in [1.54, 1.807) is 24.3 Å². The number of rotatable bonds is 8. The molecule has 8 nitrogen and oxygen atoms in total. The second-order valence-corrected chi connectivity index (χ2v) is 6.26. The van der Waals surface area contributed by atoms with Crippen molar-refractivity contribution in [2.45, 2.75) is 12.8 Å². The van der Waals surface area contributed by atoms with Crippen LogP contribution in [-0.4, -0.2) is 49.5 Å². The van der Waals surface area contributed by atoms with Crippen LogP contribution < -0.4 is 10.1 Å². The van der Waals surface area contributed by atoms with Gasteiger partial charge in [0.2, 0.25) is 5.88 Å². The first-order valence-corrected chi connectivity index (χ1v) is 8.97. The molecule has 12 heteroatoms. The van der Waals surface area contributed by atoms with E-state index in [9.17, 15) is 22.8 Å². The summed E-state index contributed by atoms with van der Waals surface area (Å²) in [6.45, 7) is -1.81. The lowest BCUT2D eigenvalue weighted by molar-refractivity contribution is -0.161. The highest BCUT2D eigenvalue weighted by Gasteiger charge is 2.30. The Morgan fingerprint density at radius 3 is 2.58 bits per heavy atom. The second-order valence-electron chi connectivity index (χ2n) is 5.85. The minimum atomic E-state index is -4.65. The van der Waals surface area contributed by atoms with Gasteiger partial charge in [-0.2, -0.15) is 13.2 Å². The number of nitrogens with one attached hydrogen (secondary N) is 1. The molecule has 2 rings (SSSR count). The number of ether oxygens (including phenoxy) is 2. The Hall–Kier alpha value is -3.34. The molecule has 0 aliphatic rings. The lowest BCUT2D eigenvalue weighted by Gasteiger charge is -2.13. The maximum atomic E-state index is 12.2. The van der Waals surface area contributed by atoms with Gasteiger partial charge in [-0.3, -0.25) is 4.79 Å². The summed E-state index contributed by atoms with van der Waals surface area (Å²) in [5.41, 5.74) is 0.739. The number of pyridine rings is 1. The number of hydrogen-bond acceptors (Lipinski definition) is 7. The molecular formula is C19H17ClF3N3O5. The van der Waals surface area contributed by atoms with Gasteiger partial charge >= 0.3 is 12.1 Å². The Morgan fingerprint density at radius 1 is 1.26 bits per heavy atom. The molecule has 1 N–H and O–H groups in total. The lowest BCUT2D eigenvalue weighted by atomic mass is 10.0. The normalized spacial score (nSPS) is 11.6. The minimum Gasteiger partial charge on any atom is -0.472 e. The molecule has 166 valence electrons. The van der Waals surface area contributed by atoms with E-state index in [0.29, 0.717) is 11.1 Å². The van der Waals surface area contributed by atoms with E-state index in [1.165, 1.54) is 14.2 Å². The molecule has 0 aliphatic heterocycles. The Bertz CT molecular complexity index is 983. The van der Waals surface area contributed by atoms with E-state index >= 15 is 0 Å². The average Bonchev–Trinajstić information content (AvgIpc) is 2.74. The Morgan fingerprint density at radius 2 is 1.97 bits per heavy atom. The van der Waals surface area contributed by atoms with Gasteiger partial charge in [0.1, 0.15) is 18.7 Å². The molecule has 0 spiro atoms. The summed E-state index contributed by atoms with van der Waals surface area (Å²) >= 11 is 6.03. The lowest BCUT2D eigenvalue weighted by Crippen LogP contribution is -2.29. The third-order valence-corrected chi connectivity index (χ3v) is 3.94. The zero-order valence-corrected chi connectivity index (χ0v) is 17.1. The second kappa shape index (κ2) is 10.6. The predicted octanol–water partition coefficient (Wildman–Crippen LogP) is 3.13. The summed E-state index contributed by atoms with van der Waals surface area (Å²) in [6.07, 6.45) is -3.67. The number of halogens is 4. The van der Waals surface area contributed by atoms with Crippen LogP contribution >= 0.6 is 11.6 Å². The van der Waals surface area contributed by atoms with Gasteiger partial charge in [-0.15, -0.1) is 0 Å².